The van der Waals surface area contributed by atoms with Crippen molar-refractivity contribution in [3.63, 3.8) is 0 Å². The van der Waals surface area contributed by atoms with Gasteiger partial charge < -0.3 is 5.32 Å². The average Bonchev–Trinajstić information content (AvgIpc) is 2.51. The standard InChI is InChI=1S/C15H14ClN3OS/c16-13-8-4-7-12(9-13)14(20)18-19-15(21)17-10-11-5-2-1-3-6-11/h1-9H,10H2,(H,18,20)(H2,17,19,21). The predicted molar refractivity (Wildman–Crippen MR) is 87.9 cm³/mol. The van der Waals surface area contributed by atoms with E-state index in [0.29, 0.717) is 22.2 Å². The molecule has 0 atom stereocenters. The first kappa shape index (κ1) is 15.3. The van der Waals surface area contributed by atoms with E-state index in [1.54, 1.807) is 24.3 Å². The molecule has 0 aliphatic rings. The molecule has 3 N–H and O–H groups in total. The summed E-state index contributed by atoms with van der Waals surface area (Å²) < 4.78 is 0. The summed E-state index contributed by atoms with van der Waals surface area (Å²) in [6, 6.07) is 16.5. The lowest BCUT2D eigenvalue weighted by Gasteiger charge is -2.11. The number of rotatable bonds is 3. The molecule has 0 fully saturated rings. The topological polar surface area (TPSA) is 53.2 Å². The number of hydrogen-bond acceptors (Lipinski definition) is 2. The number of carbonyl (C=O) groups excluding carboxylic acids is 1. The third-order valence-electron chi connectivity index (χ3n) is 2.67. The Morgan fingerprint density at radius 1 is 1.05 bits per heavy atom. The smallest absolute Gasteiger partial charge is 0.269 e. The van der Waals surface area contributed by atoms with Crippen molar-refractivity contribution in [1.82, 2.24) is 16.2 Å². The Balaban J connectivity index is 1.77. The van der Waals surface area contributed by atoms with E-state index < -0.39 is 0 Å². The molecule has 21 heavy (non-hydrogen) atoms. The zero-order valence-corrected chi connectivity index (χ0v) is 12.7. The molecule has 0 saturated heterocycles. The minimum absolute atomic E-state index is 0.304. The molecule has 0 spiro atoms. The number of benzene rings is 2. The number of carbonyl (C=O) groups is 1. The molecular weight excluding hydrogens is 306 g/mol. The molecule has 0 saturated carbocycles. The van der Waals surface area contributed by atoms with Crippen LogP contribution in [-0.2, 0) is 6.54 Å². The van der Waals surface area contributed by atoms with Crippen molar-refractivity contribution in [3.8, 4) is 0 Å². The molecule has 0 aliphatic carbocycles. The number of amides is 1. The third-order valence-corrected chi connectivity index (χ3v) is 3.15. The Bertz CT molecular complexity index is 634. The summed E-state index contributed by atoms with van der Waals surface area (Å²) in [4.78, 5) is 11.9. The van der Waals surface area contributed by atoms with E-state index in [-0.39, 0.29) is 5.91 Å². The van der Waals surface area contributed by atoms with Crippen LogP contribution in [0.1, 0.15) is 15.9 Å². The van der Waals surface area contributed by atoms with Gasteiger partial charge in [0.2, 0.25) is 0 Å². The summed E-state index contributed by atoms with van der Waals surface area (Å²) in [7, 11) is 0. The zero-order chi connectivity index (χ0) is 15.1. The predicted octanol–water partition coefficient (Wildman–Crippen LogP) is 2.65. The first-order chi connectivity index (χ1) is 10.1. The van der Waals surface area contributed by atoms with E-state index in [1.807, 2.05) is 30.3 Å². The minimum atomic E-state index is -0.304. The van der Waals surface area contributed by atoms with Gasteiger partial charge in [0, 0.05) is 17.1 Å². The molecule has 0 heterocycles. The van der Waals surface area contributed by atoms with Crippen molar-refractivity contribution in [2.75, 3.05) is 0 Å². The highest BCUT2D eigenvalue weighted by Gasteiger charge is 2.05. The van der Waals surface area contributed by atoms with Gasteiger partial charge in [0.1, 0.15) is 0 Å². The molecule has 2 aromatic carbocycles. The highest BCUT2D eigenvalue weighted by Crippen LogP contribution is 2.10. The monoisotopic (exact) mass is 319 g/mol. The van der Waals surface area contributed by atoms with Crippen LogP contribution < -0.4 is 16.2 Å². The highest BCUT2D eigenvalue weighted by atomic mass is 35.5. The molecule has 1 amide bonds. The first-order valence-corrected chi connectivity index (χ1v) is 7.07. The lowest BCUT2D eigenvalue weighted by Crippen LogP contribution is -2.46. The second-order valence-corrected chi connectivity index (χ2v) is 5.10. The van der Waals surface area contributed by atoms with Gasteiger partial charge in [-0.15, -0.1) is 0 Å². The second-order valence-electron chi connectivity index (χ2n) is 4.26. The van der Waals surface area contributed by atoms with Crippen molar-refractivity contribution >= 4 is 34.8 Å². The number of hydrazine groups is 1. The summed E-state index contributed by atoms with van der Waals surface area (Å²) in [5, 5.41) is 3.85. The van der Waals surface area contributed by atoms with Crippen LogP contribution in [0.25, 0.3) is 0 Å². The average molecular weight is 320 g/mol. The van der Waals surface area contributed by atoms with Crippen LogP contribution in [0, 0.1) is 0 Å². The third kappa shape index (κ3) is 5.06. The van der Waals surface area contributed by atoms with Gasteiger partial charge in [-0.3, -0.25) is 15.6 Å². The van der Waals surface area contributed by atoms with Crippen molar-refractivity contribution in [1.29, 1.82) is 0 Å². The van der Waals surface area contributed by atoms with Gasteiger partial charge in [-0.05, 0) is 36.0 Å². The van der Waals surface area contributed by atoms with Crippen LogP contribution in [-0.4, -0.2) is 11.0 Å². The van der Waals surface area contributed by atoms with Crippen molar-refractivity contribution in [2.24, 2.45) is 0 Å². The van der Waals surface area contributed by atoms with E-state index in [2.05, 4.69) is 16.2 Å². The zero-order valence-electron chi connectivity index (χ0n) is 11.1. The van der Waals surface area contributed by atoms with Crippen LogP contribution in [0.15, 0.2) is 54.6 Å². The highest BCUT2D eigenvalue weighted by molar-refractivity contribution is 7.80. The summed E-state index contributed by atoms with van der Waals surface area (Å²) in [5.74, 6) is -0.304. The van der Waals surface area contributed by atoms with E-state index in [0.717, 1.165) is 5.56 Å². The van der Waals surface area contributed by atoms with Gasteiger partial charge in [0.25, 0.3) is 5.91 Å². The lowest BCUT2D eigenvalue weighted by molar-refractivity contribution is 0.0943. The quantitative estimate of drug-likeness (QED) is 0.601. The molecule has 0 aromatic heterocycles. The molecule has 0 bridgehead atoms. The van der Waals surface area contributed by atoms with E-state index in [9.17, 15) is 4.79 Å². The molecule has 2 rings (SSSR count). The molecule has 4 nitrogen and oxygen atoms in total. The molecule has 108 valence electrons. The maximum Gasteiger partial charge on any atom is 0.269 e. The summed E-state index contributed by atoms with van der Waals surface area (Å²) >= 11 is 10.9. The second kappa shape index (κ2) is 7.61. The summed E-state index contributed by atoms with van der Waals surface area (Å²) in [6.45, 7) is 0.583. The Morgan fingerprint density at radius 2 is 1.81 bits per heavy atom. The van der Waals surface area contributed by atoms with Crippen LogP contribution in [0.4, 0.5) is 0 Å². The fraction of sp³-hybridized carbons (Fsp3) is 0.0667. The lowest BCUT2D eigenvalue weighted by atomic mass is 10.2. The molecule has 0 aliphatic heterocycles. The Labute approximate surface area is 133 Å². The van der Waals surface area contributed by atoms with Gasteiger partial charge >= 0.3 is 0 Å². The van der Waals surface area contributed by atoms with E-state index >= 15 is 0 Å². The van der Waals surface area contributed by atoms with Crippen LogP contribution in [0.2, 0.25) is 5.02 Å². The SMILES string of the molecule is O=C(NNC(=S)NCc1ccccc1)c1cccc(Cl)c1. The van der Waals surface area contributed by atoms with Crippen molar-refractivity contribution in [2.45, 2.75) is 6.54 Å². The number of nitrogens with one attached hydrogen (secondary N) is 3. The van der Waals surface area contributed by atoms with E-state index in [1.165, 1.54) is 0 Å². The largest absolute Gasteiger partial charge is 0.357 e. The number of hydrogen-bond donors (Lipinski definition) is 3. The molecule has 6 heteroatoms. The normalized spacial score (nSPS) is 9.76. The Hall–Kier alpha value is -2.11. The minimum Gasteiger partial charge on any atom is -0.357 e. The molecular formula is C15H14ClN3OS. The van der Waals surface area contributed by atoms with Crippen molar-refractivity contribution < 1.29 is 4.79 Å². The molecule has 0 radical (unpaired) electrons. The maximum atomic E-state index is 11.9. The fourth-order valence-electron chi connectivity index (χ4n) is 1.64. The molecule has 2 aromatic rings. The maximum absolute atomic E-state index is 11.9. The van der Waals surface area contributed by atoms with E-state index in [4.69, 9.17) is 23.8 Å². The number of thiocarbonyl (C=S) groups is 1. The van der Waals surface area contributed by atoms with Gasteiger partial charge in [-0.25, -0.2) is 0 Å². The van der Waals surface area contributed by atoms with Gasteiger partial charge in [-0.1, -0.05) is 48.0 Å². The van der Waals surface area contributed by atoms with Crippen LogP contribution >= 0.6 is 23.8 Å². The summed E-state index contributed by atoms with van der Waals surface area (Å²) in [6.07, 6.45) is 0. The van der Waals surface area contributed by atoms with Crippen LogP contribution in [0.3, 0.4) is 0 Å². The first-order valence-electron chi connectivity index (χ1n) is 6.29. The van der Waals surface area contributed by atoms with Gasteiger partial charge in [-0.2, -0.15) is 0 Å². The number of halogens is 1. The Kier molecular flexibility index (Phi) is 5.54. The summed E-state index contributed by atoms with van der Waals surface area (Å²) in [5.41, 5.74) is 6.72. The molecule has 0 unspecified atom stereocenters. The Morgan fingerprint density at radius 3 is 2.52 bits per heavy atom. The van der Waals surface area contributed by atoms with Crippen LogP contribution in [0.5, 0.6) is 0 Å². The van der Waals surface area contributed by atoms with Gasteiger partial charge in [0.15, 0.2) is 5.11 Å². The fourth-order valence-corrected chi connectivity index (χ4v) is 1.95. The van der Waals surface area contributed by atoms with Gasteiger partial charge in [0.05, 0.1) is 0 Å². The van der Waals surface area contributed by atoms with Crippen molar-refractivity contribution in [3.05, 3.63) is 70.7 Å².